The van der Waals surface area contributed by atoms with E-state index in [0.717, 1.165) is 36.8 Å². The molecule has 0 heterocycles. The SMILES string of the molecule is C#CC(CC)(CCCc1ccc(F)c(Oc2ccccc2)c1)c1ccc(Cl)cc1. The van der Waals surface area contributed by atoms with Crippen LogP contribution in [0.3, 0.4) is 0 Å². The molecule has 0 radical (unpaired) electrons. The summed E-state index contributed by atoms with van der Waals surface area (Å²) in [5.74, 6) is 3.50. The summed E-state index contributed by atoms with van der Waals surface area (Å²) in [5, 5.41) is 0.702. The van der Waals surface area contributed by atoms with Crippen LogP contribution in [-0.4, -0.2) is 0 Å². The van der Waals surface area contributed by atoms with Crippen molar-refractivity contribution in [3.05, 3.63) is 94.8 Å². The van der Waals surface area contributed by atoms with Crippen LogP contribution in [0.5, 0.6) is 11.5 Å². The molecule has 1 atom stereocenters. The number of hydrogen-bond donors (Lipinski definition) is 0. The minimum absolute atomic E-state index is 0.241. The molecule has 0 bridgehead atoms. The number of rotatable bonds is 8. The summed E-state index contributed by atoms with van der Waals surface area (Å²) in [5.41, 5.74) is 1.81. The maximum absolute atomic E-state index is 14.2. The van der Waals surface area contributed by atoms with Gasteiger partial charge in [-0.15, -0.1) is 6.42 Å². The highest BCUT2D eigenvalue weighted by molar-refractivity contribution is 6.30. The van der Waals surface area contributed by atoms with E-state index < -0.39 is 0 Å². The van der Waals surface area contributed by atoms with Crippen LogP contribution in [0.25, 0.3) is 0 Å². The topological polar surface area (TPSA) is 9.23 Å². The molecule has 29 heavy (non-hydrogen) atoms. The van der Waals surface area contributed by atoms with Gasteiger partial charge in [-0.25, -0.2) is 4.39 Å². The van der Waals surface area contributed by atoms with Gasteiger partial charge in [0, 0.05) is 5.02 Å². The summed E-state index contributed by atoms with van der Waals surface area (Å²) in [6.07, 6.45) is 9.31. The monoisotopic (exact) mass is 406 g/mol. The average molecular weight is 407 g/mol. The smallest absolute Gasteiger partial charge is 0.165 e. The van der Waals surface area contributed by atoms with Crippen LogP contribution in [0.4, 0.5) is 4.39 Å². The Kier molecular flexibility index (Phi) is 6.96. The number of ether oxygens (including phenoxy) is 1. The summed E-state index contributed by atoms with van der Waals surface area (Å²) < 4.78 is 19.9. The van der Waals surface area contributed by atoms with Crippen LogP contribution >= 0.6 is 11.6 Å². The zero-order valence-corrected chi connectivity index (χ0v) is 17.3. The number of hydrogen-bond acceptors (Lipinski definition) is 1. The quantitative estimate of drug-likeness (QED) is 0.350. The first kappa shape index (κ1) is 21.0. The fourth-order valence-electron chi connectivity index (χ4n) is 3.54. The van der Waals surface area contributed by atoms with Crippen LogP contribution in [0, 0.1) is 18.2 Å². The van der Waals surface area contributed by atoms with Gasteiger partial charge in [0.25, 0.3) is 0 Å². The first-order chi connectivity index (χ1) is 14.1. The molecule has 3 aromatic rings. The lowest BCUT2D eigenvalue weighted by molar-refractivity contribution is 0.440. The Morgan fingerprint density at radius 1 is 1.03 bits per heavy atom. The average Bonchev–Trinajstić information content (AvgIpc) is 2.75. The molecule has 0 amide bonds. The Hall–Kier alpha value is -2.76. The van der Waals surface area contributed by atoms with Gasteiger partial charge in [-0.3, -0.25) is 0 Å². The molecule has 0 saturated carbocycles. The largest absolute Gasteiger partial charge is 0.454 e. The van der Waals surface area contributed by atoms with Gasteiger partial charge >= 0.3 is 0 Å². The number of terminal acetylenes is 1. The van der Waals surface area contributed by atoms with Crippen molar-refractivity contribution in [3.8, 4) is 23.8 Å². The van der Waals surface area contributed by atoms with Gasteiger partial charge in [-0.1, -0.05) is 60.8 Å². The van der Waals surface area contributed by atoms with Gasteiger partial charge in [0.05, 0.1) is 5.41 Å². The number of para-hydroxylation sites is 1. The lowest BCUT2D eigenvalue weighted by atomic mass is 9.75. The van der Waals surface area contributed by atoms with Crippen molar-refractivity contribution >= 4 is 11.6 Å². The van der Waals surface area contributed by atoms with Gasteiger partial charge < -0.3 is 4.74 Å². The molecule has 0 aliphatic heterocycles. The summed E-state index contributed by atoms with van der Waals surface area (Å²) in [6, 6.07) is 22.0. The van der Waals surface area contributed by atoms with Crippen molar-refractivity contribution in [2.45, 2.75) is 38.0 Å². The van der Waals surface area contributed by atoms with Crippen LogP contribution in [0.1, 0.15) is 37.3 Å². The number of aryl methyl sites for hydroxylation is 1. The van der Waals surface area contributed by atoms with Crippen molar-refractivity contribution in [2.75, 3.05) is 0 Å². The zero-order chi connectivity index (χ0) is 20.7. The van der Waals surface area contributed by atoms with E-state index in [1.54, 1.807) is 24.3 Å². The molecule has 0 spiro atoms. The second-order valence-corrected chi connectivity index (χ2v) is 7.56. The van der Waals surface area contributed by atoms with E-state index in [0.29, 0.717) is 10.8 Å². The number of halogens is 2. The van der Waals surface area contributed by atoms with Crippen LogP contribution in [0.15, 0.2) is 72.8 Å². The lowest BCUT2D eigenvalue weighted by Crippen LogP contribution is -2.23. The molecule has 1 nitrogen and oxygen atoms in total. The molecule has 0 saturated heterocycles. The molecule has 0 N–H and O–H groups in total. The summed E-state index contributed by atoms with van der Waals surface area (Å²) in [4.78, 5) is 0. The van der Waals surface area contributed by atoms with E-state index in [2.05, 4.69) is 12.8 Å². The predicted octanol–water partition coefficient (Wildman–Crippen LogP) is 7.58. The summed E-state index contributed by atoms with van der Waals surface area (Å²) in [6.45, 7) is 2.11. The predicted molar refractivity (Wildman–Crippen MR) is 118 cm³/mol. The van der Waals surface area contributed by atoms with E-state index in [1.165, 1.54) is 6.07 Å². The van der Waals surface area contributed by atoms with Crippen molar-refractivity contribution in [2.24, 2.45) is 0 Å². The molecule has 3 aromatic carbocycles. The van der Waals surface area contributed by atoms with Crippen molar-refractivity contribution in [1.82, 2.24) is 0 Å². The Morgan fingerprint density at radius 3 is 2.41 bits per heavy atom. The van der Waals surface area contributed by atoms with Crippen molar-refractivity contribution < 1.29 is 9.13 Å². The number of benzene rings is 3. The maximum atomic E-state index is 14.2. The third-order valence-corrected chi connectivity index (χ3v) is 5.56. The molecule has 0 aliphatic rings. The van der Waals surface area contributed by atoms with Gasteiger partial charge in [0.1, 0.15) is 5.75 Å². The normalized spacial score (nSPS) is 12.8. The van der Waals surface area contributed by atoms with E-state index >= 15 is 0 Å². The van der Waals surface area contributed by atoms with Gasteiger partial charge in [0.2, 0.25) is 0 Å². The molecule has 0 fully saturated rings. The fraction of sp³-hybridized carbons (Fsp3) is 0.231. The lowest BCUT2D eigenvalue weighted by Gasteiger charge is -2.28. The van der Waals surface area contributed by atoms with Gasteiger partial charge in [-0.2, -0.15) is 0 Å². The standard InChI is InChI=1S/C26H24ClFO/c1-3-26(4-2,21-13-15-22(27)16-14-21)18-8-9-20-12-17-24(28)25(19-20)29-23-10-6-5-7-11-23/h1,5-7,10-17,19H,4,8-9,18H2,2H3. The third-order valence-electron chi connectivity index (χ3n) is 5.31. The highest BCUT2D eigenvalue weighted by Crippen LogP contribution is 2.34. The Morgan fingerprint density at radius 2 is 1.76 bits per heavy atom. The second kappa shape index (κ2) is 9.63. The van der Waals surface area contributed by atoms with E-state index in [1.807, 2.05) is 42.5 Å². The highest BCUT2D eigenvalue weighted by Gasteiger charge is 2.27. The Balaban J connectivity index is 1.69. The molecule has 3 rings (SSSR count). The van der Waals surface area contributed by atoms with Crippen molar-refractivity contribution in [1.29, 1.82) is 0 Å². The minimum atomic E-state index is -0.370. The fourth-order valence-corrected chi connectivity index (χ4v) is 3.67. The van der Waals surface area contributed by atoms with Crippen molar-refractivity contribution in [3.63, 3.8) is 0 Å². The third kappa shape index (κ3) is 5.19. The van der Waals surface area contributed by atoms with Gasteiger partial charge in [0.15, 0.2) is 11.6 Å². The zero-order valence-electron chi connectivity index (χ0n) is 16.5. The van der Waals surface area contributed by atoms with E-state index in [4.69, 9.17) is 22.8 Å². The molecule has 0 aliphatic carbocycles. The molecular weight excluding hydrogens is 383 g/mol. The first-order valence-electron chi connectivity index (χ1n) is 9.81. The van der Waals surface area contributed by atoms with E-state index in [9.17, 15) is 4.39 Å². The molecule has 3 heteroatoms. The first-order valence-corrected chi connectivity index (χ1v) is 10.2. The molecular formula is C26H24ClFO. The van der Waals surface area contributed by atoms with Crippen LogP contribution in [0.2, 0.25) is 5.02 Å². The Bertz CT molecular complexity index is 976. The molecule has 0 aromatic heterocycles. The molecule has 148 valence electrons. The van der Waals surface area contributed by atoms with Crippen LogP contribution < -0.4 is 4.74 Å². The van der Waals surface area contributed by atoms with Gasteiger partial charge in [-0.05, 0) is 73.2 Å². The minimum Gasteiger partial charge on any atom is -0.454 e. The summed E-state index contributed by atoms with van der Waals surface area (Å²) >= 11 is 6.02. The molecule has 1 unspecified atom stereocenters. The second-order valence-electron chi connectivity index (χ2n) is 7.12. The highest BCUT2D eigenvalue weighted by atomic mass is 35.5. The maximum Gasteiger partial charge on any atom is 0.165 e. The summed E-state index contributed by atoms with van der Waals surface area (Å²) in [7, 11) is 0. The van der Waals surface area contributed by atoms with Crippen LogP contribution in [-0.2, 0) is 11.8 Å². The van der Waals surface area contributed by atoms with E-state index in [-0.39, 0.29) is 17.0 Å². The Labute approximate surface area is 177 Å².